The molecule has 2 aliphatic rings. The smallest absolute Gasteiger partial charge is 0.415 e. The third-order valence-corrected chi connectivity index (χ3v) is 2.30. The molecule has 3 N–H and O–H groups in total. The molecule has 1 atom stereocenters. The molecule has 1 amide bonds. The molecule has 1 fully saturated rings. The van der Waals surface area contributed by atoms with Crippen molar-refractivity contribution in [3.8, 4) is 0 Å². The number of aliphatic imine (C=N–C) groups is 1. The van der Waals surface area contributed by atoms with Gasteiger partial charge in [0.25, 0.3) is 0 Å². The van der Waals surface area contributed by atoms with Crippen molar-refractivity contribution in [2.24, 2.45) is 10.7 Å². The van der Waals surface area contributed by atoms with Crippen molar-refractivity contribution in [3.63, 3.8) is 0 Å². The van der Waals surface area contributed by atoms with E-state index in [-0.39, 0.29) is 12.2 Å². The van der Waals surface area contributed by atoms with E-state index < -0.39 is 0 Å². The lowest BCUT2D eigenvalue weighted by Crippen LogP contribution is -2.28. The number of nitrogens with zero attached hydrogens (tertiary/aromatic N) is 2. The van der Waals surface area contributed by atoms with Crippen molar-refractivity contribution in [2.75, 3.05) is 19.6 Å². The van der Waals surface area contributed by atoms with E-state index in [9.17, 15) is 4.79 Å². The SMILES string of the molecule is NCC[C@@H]1CN(C2=CNCC=N2)C(=O)O1. The van der Waals surface area contributed by atoms with E-state index in [1.54, 1.807) is 12.4 Å². The van der Waals surface area contributed by atoms with Crippen LogP contribution in [0.5, 0.6) is 0 Å². The number of hydrogen-bond acceptors (Lipinski definition) is 5. The van der Waals surface area contributed by atoms with E-state index >= 15 is 0 Å². The molecule has 0 aliphatic carbocycles. The molecular weight excluding hydrogens is 196 g/mol. The maximum atomic E-state index is 11.5. The molecule has 2 aliphatic heterocycles. The predicted molar refractivity (Wildman–Crippen MR) is 55.2 cm³/mol. The van der Waals surface area contributed by atoms with Crippen LogP contribution in [0.2, 0.25) is 0 Å². The van der Waals surface area contributed by atoms with Gasteiger partial charge in [-0.1, -0.05) is 0 Å². The summed E-state index contributed by atoms with van der Waals surface area (Å²) >= 11 is 0. The van der Waals surface area contributed by atoms with Crippen molar-refractivity contribution in [1.29, 1.82) is 0 Å². The van der Waals surface area contributed by atoms with E-state index in [0.717, 1.165) is 0 Å². The normalized spacial score (nSPS) is 24.9. The lowest BCUT2D eigenvalue weighted by molar-refractivity contribution is 0.132. The first-order valence-electron chi connectivity index (χ1n) is 4.95. The average Bonchev–Trinajstić information content (AvgIpc) is 2.61. The largest absolute Gasteiger partial charge is 0.444 e. The topological polar surface area (TPSA) is 80.0 Å². The zero-order valence-corrected chi connectivity index (χ0v) is 8.35. The second-order valence-electron chi connectivity index (χ2n) is 3.42. The number of cyclic esters (lactones) is 1. The molecule has 1 saturated heterocycles. The summed E-state index contributed by atoms with van der Waals surface area (Å²) in [6.07, 6.45) is 3.67. The minimum Gasteiger partial charge on any atom is -0.444 e. The molecule has 2 rings (SSSR count). The number of hydrogen-bond donors (Lipinski definition) is 2. The highest BCUT2D eigenvalue weighted by molar-refractivity contribution is 5.73. The fraction of sp³-hybridized carbons (Fsp3) is 0.556. The van der Waals surface area contributed by atoms with Crippen LogP contribution in [0.25, 0.3) is 0 Å². The van der Waals surface area contributed by atoms with Crippen molar-refractivity contribution in [2.45, 2.75) is 12.5 Å². The second kappa shape index (κ2) is 4.31. The van der Waals surface area contributed by atoms with Crippen LogP contribution < -0.4 is 11.1 Å². The van der Waals surface area contributed by atoms with Gasteiger partial charge in [-0.15, -0.1) is 0 Å². The fourth-order valence-electron chi connectivity index (χ4n) is 1.57. The minimum atomic E-state index is -0.347. The molecular formula is C9H14N4O2. The minimum absolute atomic E-state index is 0.111. The number of carbonyl (C=O) groups excluding carboxylic acids is 1. The Kier molecular flexibility index (Phi) is 2.86. The maximum absolute atomic E-state index is 11.5. The van der Waals surface area contributed by atoms with Crippen LogP contribution in [-0.2, 0) is 4.74 Å². The molecule has 15 heavy (non-hydrogen) atoms. The summed E-state index contributed by atoms with van der Waals surface area (Å²) in [6.45, 7) is 1.74. The fourth-order valence-corrected chi connectivity index (χ4v) is 1.57. The summed E-state index contributed by atoms with van der Waals surface area (Å²) in [7, 11) is 0. The zero-order chi connectivity index (χ0) is 10.7. The van der Waals surface area contributed by atoms with Gasteiger partial charge >= 0.3 is 6.09 Å². The lowest BCUT2D eigenvalue weighted by atomic mass is 10.2. The highest BCUT2D eigenvalue weighted by atomic mass is 16.6. The van der Waals surface area contributed by atoms with Gasteiger partial charge in [0.05, 0.1) is 6.54 Å². The first kappa shape index (κ1) is 9.97. The van der Waals surface area contributed by atoms with Gasteiger partial charge in [-0.2, -0.15) is 0 Å². The van der Waals surface area contributed by atoms with Crippen LogP contribution in [-0.4, -0.2) is 42.9 Å². The summed E-state index contributed by atoms with van der Waals surface area (Å²) in [5.41, 5.74) is 5.41. The molecule has 0 bridgehead atoms. The van der Waals surface area contributed by atoms with Gasteiger partial charge in [0, 0.05) is 19.0 Å². The molecule has 0 aromatic rings. The van der Waals surface area contributed by atoms with Crippen molar-refractivity contribution < 1.29 is 9.53 Å². The Morgan fingerprint density at radius 3 is 3.27 bits per heavy atom. The third-order valence-electron chi connectivity index (χ3n) is 2.30. The van der Waals surface area contributed by atoms with Crippen molar-refractivity contribution in [3.05, 3.63) is 12.0 Å². The summed E-state index contributed by atoms with van der Waals surface area (Å²) in [5, 5.41) is 2.99. The summed E-state index contributed by atoms with van der Waals surface area (Å²) in [6, 6.07) is 0. The molecule has 82 valence electrons. The van der Waals surface area contributed by atoms with E-state index in [0.29, 0.717) is 31.9 Å². The van der Waals surface area contributed by atoms with Gasteiger partial charge in [-0.25, -0.2) is 9.79 Å². The summed E-state index contributed by atoms with van der Waals surface area (Å²) < 4.78 is 5.13. The average molecular weight is 210 g/mol. The van der Waals surface area contributed by atoms with Gasteiger partial charge in [-0.05, 0) is 13.0 Å². The van der Waals surface area contributed by atoms with Crippen LogP contribution in [0.3, 0.4) is 0 Å². The van der Waals surface area contributed by atoms with Crippen LogP contribution in [0.1, 0.15) is 6.42 Å². The second-order valence-corrected chi connectivity index (χ2v) is 3.42. The Hall–Kier alpha value is -1.56. The third kappa shape index (κ3) is 2.10. The zero-order valence-electron chi connectivity index (χ0n) is 8.35. The molecule has 6 heteroatoms. The van der Waals surface area contributed by atoms with Gasteiger partial charge in [0.2, 0.25) is 0 Å². The Morgan fingerprint density at radius 2 is 2.60 bits per heavy atom. The van der Waals surface area contributed by atoms with Crippen LogP contribution in [0.4, 0.5) is 4.79 Å². The molecule has 6 nitrogen and oxygen atoms in total. The van der Waals surface area contributed by atoms with Crippen molar-refractivity contribution >= 4 is 12.3 Å². The number of ether oxygens (including phenoxy) is 1. The van der Waals surface area contributed by atoms with Gasteiger partial charge < -0.3 is 15.8 Å². The number of amides is 1. The van der Waals surface area contributed by atoms with E-state index in [1.165, 1.54) is 4.90 Å². The van der Waals surface area contributed by atoms with Gasteiger partial charge in [0.15, 0.2) is 5.82 Å². The highest BCUT2D eigenvalue weighted by Crippen LogP contribution is 2.19. The first-order chi connectivity index (χ1) is 7.31. The summed E-state index contributed by atoms with van der Waals surface area (Å²) in [4.78, 5) is 17.1. The standard InChI is InChI=1S/C9H14N4O2/c10-2-1-7-6-13(9(14)15-7)8-5-11-3-4-12-8/h4-5,7,11H,1-3,6,10H2/t7-/m1/s1. The van der Waals surface area contributed by atoms with E-state index in [2.05, 4.69) is 10.3 Å². The molecule has 0 radical (unpaired) electrons. The Labute approximate surface area is 87.8 Å². The molecule has 0 saturated carbocycles. The molecule has 0 aromatic heterocycles. The lowest BCUT2D eigenvalue weighted by Gasteiger charge is -2.15. The number of rotatable bonds is 3. The van der Waals surface area contributed by atoms with Crippen molar-refractivity contribution in [1.82, 2.24) is 10.2 Å². The van der Waals surface area contributed by atoms with Gasteiger partial charge in [-0.3, -0.25) is 4.90 Å². The quantitative estimate of drug-likeness (QED) is 0.666. The molecule has 0 spiro atoms. The Bertz CT molecular complexity index is 313. The van der Waals surface area contributed by atoms with Crippen LogP contribution >= 0.6 is 0 Å². The molecule has 0 aromatic carbocycles. The highest BCUT2D eigenvalue weighted by Gasteiger charge is 2.33. The van der Waals surface area contributed by atoms with E-state index in [4.69, 9.17) is 10.5 Å². The van der Waals surface area contributed by atoms with E-state index in [1.807, 2.05) is 0 Å². The van der Waals surface area contributed by atoms with Gasteiger partial charge in [0.1, 0.15) is 6.10 Å². The Morgan fingerprint density at radius 1 is 1.73 bits per heavy atom. The number of nitrogens with one attached hydrogen (secondary N) is 1. The predicted octanol–water partition coefficient (Wildman–Crippen LogP) is -0.371. The first-order valence-corrected chi connectivity index (χ1v) is 4.95. The monoisotopic (exact) mass is 210 g/mol. The number of nitrogens with two attached hydrogens (primary N) is 1. The number of carbonyl (C=O) groups is 1. The molecule has 0 unspecified atom stereocenters. The Balaban J connectivity index is 2.01. The van der Waals surface area contributed by atoms with Crippen LogP contribution in [0, 0.1) is 0 Å². The molecule has 2 heterocycles. The summed E-state index contributed by atoms with van der Waals surface area (Å²) in [5.74, 6) is 0.603. The maximum Gasteiger partial charge on any atom is 0.415 e. The van der Waals surface area contributed by atoms with Crippen LogP contribution in [0.15, 0.2) is 17.0 Å².